The molecule has 0 saturated carbocycles. The molecule has 210 valence electrons. The van der Waals surface area contributed by atoms with Crippen LogP contribution in [0.1, 0.15) is 16.4 Å². The molecule has 0 N–H and O–H groups in total. The number of hydrogen-bond acceptors (Lipinski definition) is 4. The Hall–Kier alpha value is -6.13. The molecule has 0 saturated heterocycles. The van der Waals surface area contributed by atoms with Crippen molar-refractivity contribution in [3.8, 4) is 45.3 Å². The van der Waals surface area contributed by atoms with Crippen molar-refractivity contribution in [2.24, 2.45) is 0 Å². The second kappa shape index (κ2) is 10.2. The zero-order chi connectivity index (χ0) is 40.2. The fourth-order valence-corrected chi connectivity index (χ4v) is 5.68. The second-order valence-electron chi connectivity index (χ2n) is 10.3. The van der Waals surface area contributed by atoms with Gasteiger partial charge >= 0.3 is 0 Å². The maximum Gasteiger partial charge on any atom is 0.164 e. The number of hydrogen-bond donors (Lipinski definition) is 0. The number of benzene rings is 7. The molecule has 45 heavy (non-hydrogen) atoms. The molecule has 0 unspecified atom stereocenters. The number of furan rings is 1. The maximum atomic E-state index is 9.22. The van der Waals surface area contributed by atoms with Gasteiger partial charge in [-0.2, -0.15) is 0 Å². The zero-order valence-corrected chi connectivity index (χ0v) is 23.3. The van der Waals surface area contributed by atoms with Gasteiger partial charge in [-0.05, 0) is 45.3 Å². The maximum absolute atomic E-state index is 9.22. The monoisotopic (exact) mass is 587 g/mol. The highest BCUT2D eigenvalue weighted by atomic mass is 16.3. The van der Waals surface area contributed by atoms with E-state index in [0.717, 1.165) is 21.9 Å². The van der Waals surface area contributed by atoms with Gasteiger partial charge in [-0.25, -0.2) is 15.0 Å². The van der Waals surface area contributed by atoms with E-state index in [-0.39, 0.29) is 39.4 Å². The summed E-state index contributed by atoms with van der Waals surface area (Å²) >= 11 is 0. The van der Waals surface area contributed by atoms with Crippen LogP contribution in [0.4, 0.5) is 0 Å². The van der Waals surface area contributed by atoms with Gasteiger partial charge in [0.15, 0.2) is 17.5 Å². The average Bonchev–Trinajstić information content (AvgIpc) is 3.59. The lowest BCUT2D eigenvalue weighted by Crippen LogP contribution is -2.00. The number of nitrogens with zero attached hydrogens (tertiary/aromatic N) is 3. The molecule has 7 aromatic carbocycles. The van der Waals surface area contributed by atoms with Gasteiger partial charge in [0.05, 0.1) is 16.4 Å². The standard InChI is InChI=1S/C41H25N3O/c1-3-13-27(14-4-1)36-32-19-10-9-18-30(32)25-34-37-33(20-11-21-35(37)45-38(34)36)41-43-39(28-15-5-2-6-16-28)42-40(44-41)31-23-22-26-12-7-8-17-29(26)24-31/h1-25H/i2D,5D,6D,7D,8D,12D,15D,16D,17D,22D,23D,24D. The topological polar surface area (TPSA) is 51.8 Å². The molecule has 9 aromatic rings. The first kappa shape index (κ1) is 16.1. The Labute approximate surface area is 276 Å². The van der Waals surface area contributed by atoms with Crippen LogP contribution >= 0.6 is 0 Å². The lowest BCUT2D eigenvalue weighted by Gasteiger charge is -2.10. The molecule has 4 heteroatoms. The van der Waals surface area contributed by atoms with Crippen molar-refractivity contribution < 1.29 is 20.9 Å². The summed E-state index contributed by atoms with van der Waals surface area (Å²) in [7, 11) is 0. The van der Waals surface area contributed by atoms with E-state index >= 15 is 0 Å². The molecule has 0 spiro atoms. The fourth-order valence-electron chi connectivity index (χ4n) is 5.68. The van der Waals surface area contributed by atoms with Crippen LogP contribution in [-0.4, -0.2) is 15.0 Å². The van der Waals surface area contributed by atoms with E-state index in [1.165, 1.54) is 0 Å². The summed E-state index contributed by atoms with van der Waals surface area (Å²) in [5, 5.41) is 2.49. The van der Waals surface area contributed by atoms with Crippen molar-refractivity contribution >= 4 is 43.5 Å². The minimum absolute atomic E-state index is 0.0788. The van der Waals surface area contributed by atoms with Gasteiger partial charge < -0.3 is 4.42 Å². The summed E-state index contributed by atoms with van der Waals surface area (Å²) in [4.78, 5) is 13.9. The van der Waals surface area contributed by atoms with Crippen LogP contribution in [0.3, 0.4) is 0 Å². The Balaban J connectivity index is 1.42. The molecule has 9 rings (SSSR count). The molecular formula is C41H25N3O. The molecule has 0 aliphatic rings. The second-order valence-corrected chi connectivity index (χ2v) is 10.3. The van der Waals surface area contributed by atoms with Gasteiger partial charge in [0.2, 0.25) is 0 Å². The van der Waals surface area contributed by atoms with E-state index in [4.69, 9.17) is 29.5 Å². The van der Waals surface area contributed by atoms with E-state index in [1.54, 1.807) is 18.2 Å². The molecule has 0 aliphatic carbocycles. The van der Waals surface area contributed by atoms with Gasteiger partial charge in [0.1, 0.15) is 11.2 Å². The van der Waals surface area contributed by atoms with E-state index in [0.29, 0.717) is 27.5 Å². The van der Waals surface area contributed by atoms with E-state index < -0.39 is 72.5 Å². The van der Waals surface area contributed by atoms with Crippen molar-refractivity contribution in [3.63, 3.8) is 0 Å². The van der Waals surface area contributed by atoms with Crippen LogP contribution in [0.15, 0.2) is 156 Å². The zero-order valence-electron chi connectivity index (χ0n) is 35.3. The Kier molecular flexibility index (Phi) is 3.66. The van der Waals surface area contributed by atoms with Crippen LogP contribution in [0.2, 0.25) is 0 Å². The molecule has 0 radical (unpaired) electrons. The third-order valence-electron chi connectivity index (χ3n) is 7.65. The summed E-state index contributed by atoms with van der Waals surface area (Å²) in [6.45, 7) is 0. The minimum atomic E-state index is -0.643. The smallest absolute Gasteiger partial charge is 0.164 e. The molecule has 0 amide bonds. The number of rotatable bonds is 4. The van der Waals surface area contributed by atoms with Crippen LogP contribution in [0, 0.1) is 0 Å². The van der Waals surface area contributed by atoms with Gasteiger partial charge in [-0.3, -0.25) is 0 Å². The summed E-state index contributed by atoms with van der Waals surface area (Å²) in [6, 6.07) is 17.5. The van der Waals surface area contributed by atoms with Gasteiger partial charge in [-0.15, -0.1) is 0 Å². The van der Waals surface area contributed by atoms with E-state index in [9.17, 15) is 1.37 Å². The average molecular weight is 588 g/mol. The van der Waals surface area contributed by atoms with Crippen molar-refractivity contribution in [3.05, 3.63) is 151 Å². The van der Waals surface area contributed by atoms with Crippen molar-refractivity contribution in [1.29, 1.82) is 0 Å². The van der Waals surface area contributed by atoms with Crippen molar-refractivity contribution in [2.75, 3.05) is 0 Å². The molecule has 0 fully saturated rings. The van der Waals surface area contributed by atoms with E-state index in [2.05, 4.69) is 4.98 Å². The summed E-state index contributed by atoms with van der Waals surface area (Å²) < 4.78 is 110. The normalized spacial score (nSPS) is 15.3. The van der Waals surface area contributed by atoms with Crippen LogP contribution in [0.25, 0.3) is 88.8 Å². The predicted molar refractivity (Wildman–Crippen MR) is 184 cm³/mol. The molecule has 0 atom stereocenters. The third-order valence-corrected chi connectivity index (χ3v) is 7.65. The molecular weight excluding hydrogens is 550 g/mol. The fraction of sp³-hybridized carbons (Fsp3) is 0. The Morgan fingerprint density at radius 3 is 2.11 bits per heavy atom. The van der Waals surface area contributed by atoms with Crippen molar-refractivity contribution in [2.45, 2.75) is 0 Å². The van der Waals surface area contributed by atoms with Gasteiger partial charge in [-0.1, -0.05) is 133 Å². The molecule has 0 aliphatic heterocycles. The van der Waals surface area contributed by atoms with Gasteiger partial charge in [0.25, 0.3) is 0 Å². The summed E-state index contributed by atoms with van der Waals surface area (Å²) in [5.74, 6) is -0.850. The van der Waals surface area contributed by atoms with Crippen LogP contribution in [0.5, 0.6) is 0 Å². The highest BCUT2D eigenvalue weighted by Gasteiger charge is 2.21. The lowest BCUT2D eigenvalue weighted by molar-refractivity contribution is 0.670. The number of aromatic nitrogens is 3. The van der Waals surface area contributed by atoms with E-state index in [1.807, 2.05) is 60.7 Å². The Morgan fingerprint density at radius 2 is 1.24 bits per heavy atom. The first-order valence-electron chi connectivity index (χ1n) is 20.1. The predicted octanol–water partition coefficient (Wildman–Crippen LogP) is 10.7. The summed E-state index contributed by atoms with van der Waals surface area (Å²) in [5.41, 5.74) is 2.42. The minimum Gasteiger partial charge on any atom is -0.455 e. The first-order chi connectivity index (χ1) is 27.3. The Bertz CT molecular complexity index is 3200. The van der Waals surface area contributed by atoms with Gasteiger partial charge in [0, 0.05) is 33.0 Å². The largest absolute Gasteiger partial charge is 0.455 e. The molecule has 0 bridgehead atoms. The highest BCUT2D eigenvalue weighted by molar-refractivity contribution is 6.21. The Morgan fingerprint density at radius 1 is 0.511 bits per heavy atom. The number of fused-ring (bicyclic) bond motifs is 5. The molecule has 2 heterocycles. The van der Waals surface area contributed by atoms with Crippen LogP contribution in [-0.2, 0) is 0 Å². The third kappa shape index (κ3) is 4.27. The first-order valence-corrected chi connectivity index (χ1v) is 14.1. The van der Waals surface area contributed by atoms with Crippen LogP contribution < -0.4 is 0 Å². The molecule has 2 aromatic heterocycles. The SMILES string of the molecule is [2H]c1c([2H])c([2H])c(-c2nc(-c3c([2H])c([2H])c4c([2H])c([2H])c([2H])c([2H])c4c3[2H])nc(-c3cccc4oc5c(-c6ccccc6)c6ccccc6cc5c34)n2)c([2H])c1[2H]. The summed E-state index contributed by atoms with van der Waals surface area (Å²) in [6.07, 6.45) is 0. The highest BCUT2D eigenvalue weighted by Crippen LogP contribution is 2.43. The lowest BCUT2D eigenvalue weighted by atomic mass is 9.94. The van der Waals surface area contributed by atoms with Crippen molar-refractivity contribution in [1.82, 2.24) is 15.0 Å². The molecule has 4 nitrogen and oxygen atoms in total. The quantitative estimate of drug-likeness (QED) is 0.205.